The summed E-state index contributed by atoms with van der Waals surface area (Å²) in [5.74, 6) is -0.950. The van der Waals surface area contributed by atoms with Crippen molar-refractivity contribution >= 4 is 38.5 Å². The van der Waals surface area contributed by atoms with Gasteiger partial charge in [0.2, 0.25) is 10.0 Å². The van der Waals surface area contributed by atoms with E-state index in [0.29, 0.717) is 27.8 Å². The van der Waals surface area contributed by atoms with Crippen LogP contribution in [0.3, 0.4) is 0 Å². The Bertz CT molecular complexity index is 1890. The van der Waals surface area contributed by atoms with E-state index in [9.17, 15) is 27.7 Å². The van der Waals surface area contributed by atoms with Crippen molar-refractivity contribution in [1.82, 2.24) is 10.6 Å². The number of furan rings is 1. The molecule has 1 saturated carbocycles. The van der Waals surface area contributed by atoms with Crippen molar-refractivity contribution in [1.29, 1.82) is 5.26 Å². The minimum absolute atomic E-state index is 0.203. The quantitative estimate of drug-likeness (QED) is 0.261. The topological polar surface area (TPSA) is 133 Å². The van der Waals surface area contributed by atoms with Crippen LogP contribution in [0, 0.1) is 23.1 Å². The van der Waals surface area contributed by atoms with Gasteiger partial charge in [0.25, 0.3) is 11.8 Å². The van der Waals surface area contributed by atoms with E-state index in [-0.39, 0.29) is 34.9 Å². The summed E-state index contributed by atoms with van der Waals surface area (Å²) in [6.45, 7) is 3.43. The van der Waals surface area contributed by atoms with Gasteiger partial charge in [-0.2, -0.15) is 5.26 Å². The molecule has 0 atom stereocenters. The van der Waals surface area contributed by atoms with Crippen molar-refractivity contribution in [2.24, 2.45) is 5.92 Å². The summed E-state index contributed by atoms with van der Waals surface area (Å²) < 4.78 is 47.6. The van der Waals surface area contributed by atoms with Crippen LogP contribution in [0.2, 0.25) is 0 Å². The Morgan fingerprint density at radius 1 is 1.07 bits per heavy atom. The third-order valence-corrected chi connectivity index (χ3v) is 8.44. The Hall–Kier alpha value is -4.69. The van der Waals surface area contributed by atoms with Crippen molar-refractivity contribution in [2.75, 3.05) is 24.2 Å². The zero-order valence-corrected chi connectivity index (χ0v) is 25.0. The van der Waals surface area contributed by atoms with Crippen molar-refractivity contribution < 1.29 is 26.8 Å². The number of nitrogens with zero attached hydrogens (tertiary/aromatic N) is 2. The minimum Gasteiger partial charge on any atom is -0.455 e. The lowest BCUT2D eigenvalue weighted by Gasteiger charge is -2.25. The molecular weight excluding hydrogens is 571 g/mol. The molecule has 0 saturated heterocycles. The summed E-state index contributed by atoms with van der Waals surface area (Å²) in [5.41, 5.74) is 1.42. The van der Waals surface area contributed by atoms with Gasteiger partial charge in [0.15, 0.2) is 0 Å². The smallest absolute Gasteiger partial charge is 0.255 e. The molecular formula is C32H31FN4O5S. The summed E-state index contributed by atoms with van der Waals surface area (Å²) in [6, 6.07) is 17.5. The predicted octanol–water partition coefficient (Wildman–Crippen LogP) is 5.47. The number of nitriles is 1. The van der Waals surface area contributed by atoms with E-state index in [1.54, 1.807) is 50.2 Å². The molecule has 43 heavy (non-hydrogen) atoms. The van der Waals surface area contributed by atoms with E-state index in [0.717, 1.165) is 19.1 Å². The maximum Gasteiger partial charge on any atom is 0.255 e. The first-order chi connectivity index (χ1) is 20.3. The van der Waals surface area contributed by atoms with Crippen molar-refractivity contribution in [3.63, 3.8) is 0 Å². The van der Waals surface area contributed by atoms with Gasteiger partial charge < -0.3 is 15.1 Å². The molecule has 4 aromatic rings. The maximum absolute atomic E-state index is 13.7. The normalized spacial score (nSPS) is 13.4. The second kappa shape index (κ2) is 11.2. The Labute approximate surface area is 249 Å². The largest absolute Gasteiger partial charge is 0.455 e. The highest BCUT2D eigenvalue weighted by molar-refractivity contribution is 7.92. The SMILES string of the molecule is CNC(=O)c1c(-c2ccc(F)cc2)oc2cc(N(CC3CC3)S(C)(=O)=O)c(-c3cccc(C(=O)NC(C)(C)C#N)c3)cc12. The highest BCUT2D eigenvalue weighted by Crippen LogP contribution is 2.43. The predicted molar refractivity (Wildman–Crippen MR) is 163 cm³/mol. The van der Waals surface area contributed by atoms with Gasteiger partial charge in [0.05, 0.1) is 23.6 Å². The molecule has 1 heterocycles. The second-order valence-corrected chi connectivity index (χ2v) is 13.2. The molecule has 0 spiro atoms. The minimum atomic E-state index is -3.75. The second-order valence-electron chi connectivity index (χ2n) is 11.3. The fraction of sp³-hybridized carbons (Fsp3) is 0.281. The molecule has 0 aliphatic heterocycles. The standard InChI is InChI=1S/C32H31FN4O5S/c1-32(2,18-34)36-30(38)22-7-5-6-21(14-22)24-15-25-27(16-26(24)37(43(4,40)41)17-19-8-9-19)42-29(28(25)31(39)35-3)20-10-12-23(33)13-11-20/h5-7,10-16,19H,8-9,17H2,1-4H3,(H,35,39)(H,36,38). The molecule has 3 aromatic carbocycles. The van der Waals surface area contributed by atoms with Gasteiger partial charge in [-0.3, -0.25) is 13.9 Å². The number of amides is 2. The van der Waals surface area contributed by atoms with Crippen LogP contribution >= 0.6 is 0 Å². The lowest BCUT2D eigenvalue weighted by Crippen LogP contribution is -2.42. The third-order valence-electron chi connectivity index (χ3n) is 7.30. The molecule has 1 fully saturated rings. The van der Waals surface area contributed by atoms with Crippen LogP contribution in [0.15, 0.2) is 65.1 Å². The van der Waals surface area contributed by atoms with Gasteiger partial charge in [0, 0.05) is 41.7 Å². The third kappa shape index (κ3) is 6.24. The molecule has 1 aromatic heterocycles. The highest BCUT2D eigenvalue weighted by atomic mass is 32.2. The lowest BCUT2D eigenvalue weighted by molar-refractivity contribution is 0.0927. The number of halogens is 1. The van der Waals surface area contributed by atoms with Crippen molar-refractivity contribution in [2.45, 2.75) is 32.2 Å². The van der Waals surface area contributed by atoms with E-state index >= 15 is 0 Å². The Morgan fingerprint density at radius 2 is 1.77 bits per heavy atom. The molecule has 0 bridgehead atoms. The van der Waals surface area contributed by atoms with Crippen LogP contribution in [0.5, 0.6) is 0 Å². The Kier molecular flexibility index (Phi) is 7.75. The zero-order chi connectivity index (χ0) is 31.1. The molecule has 9 nitrogen and oxygen atoms in total. The van der Waals surface area contributed by atoms with Gasteiger partial charge in [-0.15, -0.1) is 0 Å². The van der Waals surface area contributed by atoms with Crippen molar-refractivity contribution in [3.8, 4) is 28.5 Å². The van der Waals surface area contributed by atoms with Gasteiger partial charge in [-0.1, -0.05) is 12.1 Å². The fourth-order valence-electron chi connectivity index (χ4n) is 4.88. The monoisotopic (exact) mass is 602 g/mol. The number of hydrogen-bond acceptors (Lipinski definition) is 6. The molecule has 0 radical (unpaired) electrons. The number of anilines is 1. The molecule has 222 valence electrons. The van der Waals surface area contributed by atoms with Crippen LogP contribution in [0.1, 0.15) is 47.4 Å². The van der Waals surface area contributed by atoms with Gasteiger partial charge in [0.1, 0.15) is 22.7 Å². The number of carbonyl (C=O) groups excluding carboxylic acids is 2. The van der Waals surface area contributed by atoms with Gasteiger partial charge in [-0.25, -0.2) is 12.8 Å². The van der Waals surface area contributed by atoms with Gasteiger partial charge in [-0.05, 0) is 80.6 Å². The van der Waals surface area contributed by atoms with E-state index < -0.39 is 33.2 Å². The average molecular weight is 603 g/mol. The Balaban J connectivity index is 1.77. The molecule has 1 aliphatic rings. The van der Waals surface area contributed by atoms with Crippen LogP contribution < -0.4 is 14.9 Å². The van der Waals surface area contributed by atoms with E-state index in [1.165, 1.54) is 35.6 Å². The maximum atomic E-state index is 13.7. The van der Waals surface area contributed by atoms with E-state index in [1.807, 2.05) is 6.07 Å². The number of fused-ring (bicyclic) bond motifs is 1. The first-order valence-corrected chi connectivity index (χ1v) is 15.6. The average Bonchev–Trinajstić information content (AvgIpc) is 3.72. The number of sulfonamides is 1. The molecule has 11 heteroatoms. The molecule has 0 unspecified atom stereocenters. The first-order valence-electron chi connectivity index (χ1n) is 13.7. The van der Waals surface area contributed by atoms with Crippen molar-refractivity contribution in [3.05, 3.63) is 77.6 Å². The summed E-state index contributed by atoms with van der Waals surface area (Å²) in [5, 5.41) is 15.1. The summed E-state index contributed by atoms with van der Waals surface area (Å²) >= 11 is 0. The number of benzene rings is 3. The van der Waals surface area contributed by atoms with Crippen LogP contribution in [0.25, 0.3) is 33.4 Å². The number of carbonyl (C=O) groups is 2. The summed E-state index contributed by atoms with van der Waals surface area (Å²) in [4.78, 5) is 26.3. The van der Waals surface area contributed by atoms with Crippen LogP contribution in [0.4, 0.5) is 10.1 Å². The van der Waals surface area contributed by atoms with Gasteiger partial charge >= 0.3 is 0 Å². The zero-order valence-electron chi connectivity index (χ0n) is 24.2. The Morgan fingerprint density at radius 3 is 2.37 bits per heavy atom. The molecule has 2 N–H and O–H groups in total. The summed E-state index contributed by atoms with van der Waals surface area (Å²) in [6.07, 6.45) is 2.95. The molecule has 5 rings (SSSR count). The van der Waals surface area contributed by atoms with Crippen LogP contribution in [-0.4, -0.2) is 45.6 Å². The lowest BCUT2D eigenvalue weighted by atomic mass is 9.96. The fourth-order valence-corrected chi connectivity index (χ4v) is 5.87. The molecule has 2 amide bonds. The van der Waals surface area contributed by atoms with E-state index in [4.69, 9.17) is 4.42 Å². The summed E-state index contributed by atoms with van der Waals surface area (Å²) in [7, 11) is -2.27. The van der Waals surface area contributed by atoms with E-state index in [2.05, 4.69) is 10.6 Å². The highest BCUT2D eigenvalue weighted by Gasteiger charge is 2.32. The first kappa shape index (κ1) is 29.8. The molecule has 1 aliphatic carbocycles. The van der Waals surface area contributed by atoms with Crippen LogP contribution in [-0.2, 0) is 10.0 Å². The number of nitrogens with one attached hydrogen (secondary N) is 2. The number of rotatable bonds is 9. The number of hydrogen-bond donors (Lipinski definition) is 2.